The number of furan rings is 1. The van der Waals surface area contributed by atoms with Crippen LogP contribution in [0.3, 0.4) is 0 Å². The molecule has 0 radical (unpaired) electrons. The lowest BCUT2D eigenvalue weighted by Gasteiger charge is -2.14. The first-order valence-corrected chi connectivity index (χ1v) is 23.6. The predicted octanol–water partition coefficient (Wildman–Crippen LogP) is 18.1. The van der Waals surface area contributed by atoms with Crippen LogP contribution in [-0.4, -0.2) is 9.13 Å². The summed E-state index contributed by atoms with van der Waals surface area (Å²) in [7, 11) is 0. The van der Waals surface area contributed by atoms with Crippen LogP contribution in [0.5, 0.6) is 0 Å². The van der Waals surface area contributed by atoms with Gasteiger partial charge >= 0.3 is 0 Å². The standard InChI is InChI=1S/C66H42N2O/c1-4-15-43(16-5-1)47-27-32-63-59(39-47)60-41-49(29-34-64(60)68(63)54-30-31-57-56-24-11-13-26-65(56)69-66(57)42-54)48-28-33-62-58(40-48)55-23-10-12-25-61(55)67(62)53-22-14-21-46(38-53)52-36-50(44-17-6-2-7-18-44)35-51(37-52)45-19-8-3-9-20-45/h1-42H. The maximum absolute atomic E-state index is 6.41. The SMILES string of the molecule is c1ccc(-c2cc(-c3ccccc3)cc(-c3cccc(-n4c5ccccc5c5cc(-c6ccc7c(c6)c6cc(-c8ccccc8)ccc6n7-c6ccc7c(c6)oc6ccccc67)ccc54)c3)c2)cc1. The summed E-state index contributed by atoms with van der Waals surface area (Å²) in [6, 6.07) is 92.6. The highest BCUT2D eigenvalue weighted by Crippen LogP contribution is 2.41. The first-order chi connectivity index (χ1) is 34.2. The normalized spacial score (nSPS) is 11.8. The molecule has 0 spiro atoms. The van der Waals surface area contributed by atoms with Crippen molar-refractivity contribution in [1.29, 1.82) is 0 Å². The third-order valence-corrected chi connectivity index (χ3v) is 14.1. The largest absolute Gasteiger partial charge is 0.456 e. The zero-order chi connectivity index (χ0) is 45.4. The number of para-hydroxylation sites is 2. The molecule has 0 fully saturated rings. The number of rotatable bonds is 7. The lowest BCUT2D eigenvalue weighted by Crippen LogP contribution is -1.95. The van der Waals surface area contributed by atoms with Crippen LogP contribution in [0.2, 0.25) is 0 Å². The van der Waals surface area contributed by atoms with E-state index in [4.69, 9.17) is 4.42 Å². The van der Waals surface area contributed by atoms with Gasteiger partial charge in [0.15, 0.2) is 0 Å². The molecule has 69 heavy (non-hydrogen) atoms. The highest BCUT2D eigenvalue weighted by atomic mass is 16.3. The molecule has 14 aromatic rings. The molecule has 0 saturated carbocycles. The molecular weight excluding hydrogens is 837 g/mol. The Hall–Kier alpha value is -9.18. The number of fused-ring (bicyclic) bond motifs is 9. The summed E-state index contributed by atoms with van der Waals surface area (Å²) in [5.41, 5.74) is 20.5. The topological polar surface area (TPSA) is 23.0 Å². The van der Waals surface area contributed by atoms with Gasteiger partial charge in [-0.05, 0) is 147 Å². The second kappa shape index (κ2) is 15.7. The number of hydrogen-bond donors (Lipinski definition) is 0. The molecule has 322 valence electrons. The van der Waals surface area contributed by atoms with E-state index in [1.807, 2.05) is 12.1 Å². The minimum atomic E-state index is 0.884. The maximum Gasteiger partial charge on any atom is 0.137 e. The zero-order valence-electron chi connectivity index (χ0n) is 37.6. The summed E-state index contributed by atoms with van der Waals surface area (Å²) >= 11 is 0. The predicted molar refractivity (Wildman–Crippen MR) is 290 cm³/mol. The first-order valence-electron chi connectivity index (χ1n) is 23.6. The molecule has 3 heteroatoms. The second-order valence-electron chi connectivity index (χ2n) is 18.1. The molecule has 0 aliphatic carbocycles. The Labute approximate surface area is 399 Å². The van der Waals surface area contributed by atoms with Crippen molar-refractivity contribution in [2.45, 2.75) is 0 Å². The van der Waals surface area contributed by atoms with Gasteiger partial charge in [-0.25, -0.2) is 0 Å². The number of aromatic nitrogens is 2. The monoisotopic (exact) mass is 878 g/mol. The molecule has 14 rings (SSSR count). The van der Waals surface area contributed by atoms with E-state index in [-0.39, 0.29) is 0 Å². The lowest BCUT2D eigenvalue weighted by atomic mass is 9.93. The average Bonchev–Trinajstić information content (AvgIpc) is 4.08. The van der Waals surface area contributed by atoms with Crippen LogP contribution < -0.4 is 0 Å². The van der Waals surface area contributed by atoms with Crippen molar-refractivity contribution in [3.05, 3.63) is 255 Å². The summed E-state index contributed by atoms with van der Waals surface area (Å²) in [5, 5.41) is 7.12. The molecule has 0 unspecified atom stereocenters. The van der Waals surface area contributed by atoms with Gasteiger partial charge in [0.2, 0.25) is 0 Å². The Bertz CT molecular complexity index is 4230. The van der Waals surface area contributed by atoms with E-state index in [0.717, 1.165) is 44.3 Å². The maximum atomic E-state index is 6.41. The van der Waals surface area contributed by atoms with Gasteiger partial charge in [-0.15, -0.1) is 0 Å². The van der Waals surface area contributed by atoms with Gasteiger partial charge in [0, 0.05) is 49.8 Å². The molecular formula is C66H42N2O. The molecule has 0 bridgehead atoms. The van der Waals surface area contributed by atoms with Crippen LogP contribution >= 0.6 is 0 Å². The number of hydrogen-bond acceptors (Lipinski definition) is 1. The van der Waals surface area contributed by atoms with E-state index >= 15 is 0 Å². The van der Waals surface area contributed by atoms with Crippen molar-refractivity contribution in [3.8, 4) is 67.0 Å². The fraction of sp³-hybridized carbons (Fsp3) is 0. The molecule has 3 aromatic heterocycles. The van der Waals surface area contributed by atoms with E-state index in [0.29, 0.717) is 0 Å². The van der Waals surface area contributed by atoms with Crippen LogP contribution in [0.1, 0.15) is 0 Å². The Morgan fingerprint density at radius 1 is 0.203 bits per heavy atom. The summed E-state index contributed by atoms with van der Waals surface area (Å²) in [6.07, 6.45) is 0. The fourth-order valence-electron chi connectivity index (χ4n) is 10.8. The third-order valence-electron chi connectivity index (χ3n) is 14.1. The van der Waals surface area contributed by atoms with Crippen molar-refractivity contribution >= 4 is 65.6 Å². The fourth-order valence-corrected chi connectivity index (χ4v) is 10.8. The van der Waals surface area contributed by atoms with Crippen LogP contribution in [0, 0.1) is 0 Å². The van der Waals surface area contributed by atoms with Gasteiger partial charge in [-0.3, -0.25) is 0 Å². The van der Waals surface area contributed by atoms with E-state index in [2.05, 4.69) is 252 Å². The molecule has 11 aromatic carbocycles. The molecule has 0 amide bonds. The summed E-state index contributed by atoms with van der Waals surface area (Å²) in [6.45, 7) is 0. The summed E-state index contributed by atoms with van der Waals surface area (Å²) < 4.78 is 11.2. The van der Waals surface area contributed by atoms with E-state index in [1.165, 1.54) is 88.2 Å². The van der Waals surface area contributed by atoms with Crippen LogP contribution in [0.25, 0.3) is 133 Å². The van der Waals surface area contributed by atoms with E-state index in [9.17, 15) is 0 Å². The van der Waals surface area contributed by atoms with Gasteiger partial charge < -0.3 is 13.6 Å². The quantitative estimate of drug-likeness (QED) is 0.156. The second-order valence-corrected chi connectivity index (χ2v) is 18.1. The smallest absolute Gasteiger partial charge is 0.137 e. The van der Waals surface area contributed by atoms with Crippen LogP contribution in [0.15, 0.2) is 259 Å². The first kappa shape index (κ1) is 39.0. The van der Waals surface area contributed by atoms with Crippen molar-refractivity contribution in [2.75, 3.05) is 0 Å². The Morgan fingerprint density at radius 3 is 1.20 bits per heavy atom. The van der Waals surface area contributed by atoms with Crippen LogP contribution in [-0.2, 0) is 0 Å². The summed E-state index contributed by atoms with van der Waals surface area (Å²) in [5.74, 6) is 0. The molecule has 3 heterocycles. The highest BCUT2D eigenvalue weighted by molar-refractivity contribution is 6.14. The zero-order valence-corrected chi connectivity index (χ0v) is 37.6. The highest BCUT2D eigenvalue weighted by Gasteiger charge is 2.19. The van der Waals surface area contributed by atoms with E-state index < -0.39 is 0 Å². The molecule has 0 N–H and O–H groups in total. The summed E-state index contributed by atoms with van der Waals surface area (Å²) in [4.78, 5) is 0. The minimum absolute atomic E-state index is 0.884. The molecule has 0 saturated heterocycles. The molecule has 3 nitrogen and oxygen atoms in total. The van der Waals surface area contributed by atoms with Gasteiger partial charge in [-0.1, -0.05) is 158 Å². The Kier molecular flexibility index (Phi) is 8.90. The van der Waals surface area contributed by atoms with Crippen LogP contribution in [0.4, 0.5) is 0 Å². The molecule has 0 aliphatic rings. The molecule has 0 atom stereocenters. The van der Waals surface area contributed by atoms with Crippen molar-refractivity contribution in [1.82, 2.24) is 9.13 Å². The van der Waals surface area contributed by atoms with Gasteiger partial charge in [0.1, 0.15) is 11.2 Å². The Morgan fingerprint density at radius 2 is 0.609 bits per heavy atom. The average molecular weight is 879 g/mol. The number of nitrogens with zero attached hydrogens (tertiary/aromatic N) is 2. The van der Waals surface area contributed by atoms with Crippen molar-refractivity contribution < 1.29 is 4.42 Å². The molecule has 0 aliphatic heterocycles. The lowest BCUT2D eigenvalue weighted by molar-refractivity contribution is 0.668. The van der Waals surface area contributed by atoms with Gasteiger partial charge in [-0.2, -0.15) is 0 Å². The van der Waals surface area contributed by atoms with Crippen molar-refractivity contribution in [3.63, 3.8) is 0 Å². The van der Waals surface area contributed by atoms with Crippen molar-refractivity contribution in [2.24, 2.45) is 0 Å². The number of benzene rings is 11. The van der Waals surface area contributed by atoms with Gasteiger partial charge in [0.05, 0.1) is 22.1 Å². The minimum Gasteiger partial charge on any atom is -0.456 e. The van der Waals surface area contributed by atoms with Gasteiger partial charge in [0.25, 0.3) is 0 Å². The Balaban J connectivity index is 0.908. The van der Waals surface area contributed by atoms with E-state index in [1.54, 1.807) is 0 Å². The third kappa shape index (κ3) is 6.51.